The molecule has 1 unspecified atom stereocenters. The van der Waals surface area contributed by atoms with Crippen LogP contribution in [0.1, 0.15) is 39.5 Å². The summed E-state index contributed by atoms with van der Waals surface area (Å²) in [6.45, 7) is 5.70. The first kappa shape index (κ1) is 22.2. The van der Waals surface area contributed by atoms with Gasteiger partial charge in [-0.15, -0.1) is 11.3 Å². The molecule has 4 aromatic rings. The third-order valence-corrected chi connectivity index (χ3v) is 7.68. The van der Waals surface area contributed by atoms with Crippen molar-refractivity contribution in [2.24, 2.45) is 0 Å². The number of carbonyl (C=O) groups is 1. The molecule has 3 heterocycles. The van der Waals surface area contributed by atoms with E-state index in [1.54, 1.807) is 60.5 Å². The normalized spacial score (nSPS) is 12.8. The van der Waals surface area contributed by atoms with Crippen LogP contribution < -0.4 is 0 Å². The minimum Gasteiger partial charge on any atom is -0.335 e. The summed E-state index contributed by atoms with van der Waals surface area (Å²) in [5.41, 5.74) is 2.89. The smallest absolute Gasteiger partial charge is 0.259 e. The molecule has 0 aliphatic heterocycles. The van der Waals surface area contributed by atoms with Gasteiger partial charge in [-0.1, -0.05) is 17.3 Å². The fraction of sp³-hybridized carbons (Fsp3) is 0.261. The monoisotopic (exact) mass is 469 g/mol. The van der Waals surface area contributed by atoms with Crippen LogP contribution in [-0.4, -0.2) is 42.7 Å². The quantitative estimate of drug-likeness (QED) is 0.417. The summed E-state index contributed by atoms with van der Waals surface area (Å²) in [7, 11) is -1.56. The number of fused-ring (bicyclic) bond motifs is 1. The fourth-order valence-corrected chi connectivity index (χ4v) is 5.00. The van der Waals surface area contributed by atoms with Gasteiger partial charge in [0.1, 0.15) is 0 Å². The average molecular weight is 470 g/mol. The van der Waals surface area contributed by atoms with Crippen molar-refractivity contribution in [3.63, 3.8) is 0 Å². The average Bonchev–Trinajstić information content (AvgIpc) is 3.36. The van der Waals surface area contributed by atoms with E-state index in [1.807, 2.05) is 26.0 Å². The van der Waals surface area contributed by atoms with Crippen LogP contribution in [0.2, 0.25) is 0 Å². The molecule has 32 heavy (non-hydrogen) atoms. The molecule has 9 heteroatoms. The van der Waals surface area contributed by atoms with Gasteiger partial charge in [-0.25, -0.2) is 13.4 Å². The SMILES string of the molecule is Cc1ccc(-c2cc(C(=O)N(C)C(C)c3ccc(S(C)(=O)=O)cc3)c3c(C)noc3n2)s1. The van der Waals surface area contributed by atoms with Crippen LogP contribution in [0.3, 0.4) is 0 Å². The highest BCUT2D eigenvalue weighted by Gasteiger charge is 2.25. The molecule has 0 fully saturated rings. The van der Waals surface area contributed by atoms with Gasteiger partial charge < -0.3 is 9.42 Å². The maximum atomic E-state index is 13.6. The van der Waals surface area contributed by atoms with Crippen LogP contribution in [0, 0.1) is 13.8 Å². The van der Waals surface area contributed by atoms with Gasteiger partial charge in [0.25, 0.3) is 11.6 Å². The fourth-order valence-electron chi connectivity index (χ4n) is 3.54. The van der Waals surface area contributed by atoms with Crippen LogP contribution in [0.15, 0.2) is 51.9 Å². The lowest BCUT2D eigenvalue weighted by Crippen LogP contribution is -2.30. The predicted octanol–water partition coefficient (Wildman–Crippen LogP) is 4.80. The molecule has 1 aromatic carbocycles. The Morgan fingerprint density at radius 2 is 1.81 bits per heavy atom. The molecular formula is C23H23N3O4S2. The first-order valence-electron chi connectivity index (χ1n) is 9.97. The molecule has 1 atom stereocenters. The third kappa shape index (κ3) is 4.05. The molecule has 0 bridgehead atoms. The summed E-state index contributed by atoms with van der Waals surface area (Å²) < 4.78 is 28.9. The number of benzene rings is 1. The molecule has 0 radical (unpaired) electrons. The number of thiophene rings is 1. The Hall–Kier alpha value is -3.04. The summed E-state index contributed by atoms with van der Waals surface area (Å²) in [5, 5.41) is 4.61. The molecule has 7 nitrogen and oxygen atoms in total. The standard InChI is InChI=1S/C23H23N3O4S2/c1-13-6-11-20(31-13)19-12-18(21-14(2)25-30-22(21)24-19)23(27)26(4)15(3)16-7-9-17(10-8-16)32(5,28)29/h6-12,15H,1-5H3. The summed E-state index contributed by atoms with van der Waals surface area (Å²) >= 11 is 1.59. The second kappa shape index (κ2) is 8.14. The number of carbonyl (C=O) groups excluding carboxylic acids is 1. The van der Waals surface area contributed by atoms with Crippen molar-refractivity contribution in [3.05, 3.63) is 64.2 Å². The lowest BCUT2D eigenvalue weighted by Gasteiger charge is -2.26. The number of aryl methyl sites for hydroxylation is 2. The first-order valence-corrected chi connectivity index (χ1v) is 12.7. The second-order valence-electron chi connectivity index (χ2n) is 7.85. The number of hydrogen-bond acceptors (Lipinski definition) is 7. The van der Waals surface area contributed by atoms with Gasteiger partial charge in [-0.3, -0.25) is 4.79 Å². The van der Waals surface area contributed by atoms with Gasteiger partial charge in [-0.05, 0) is 56.7 Å². The van der Waals surface area contributed by atoms with E-state index in [4.69, 9.17) is 4.52 Å². The Morgan fingerprint density at radius 1 is 1.12 bits per heavy atom. The van der Waals surface area contributed by atoms with Crippen molar-refractivity contribution >= 4 is 38.2 Å². The van der Waals surface area contributed by atoms with E-state index in [0.717, 1.165) is 15.3 Å². The zero-order valence-electron chi connectivity index (χ0n) is 18.4. The van der Waals surface area contributed by atoms with E-state index in [2.05, 4.69) is 10.1 Å². The number of hydrogen-bond donors (Lipinski definition) is 0. The Balaban J connectivity index is 1.73. The van der Waals surface area contributed by atoms with Gasteiger partial charge in [0.05, 0.1) is 38.2 Å². The van der Waals surface area contributed by atoms with E-state index in [1.165, 1.54) is 6.26 Å². The topological polar surface area (TPSA) is 93.4 Å². The molecule has 3 aromatic heterocycles. The maximum Gasteiger partial charge on any atom is 0.259 e. The predicted molar refractivity (Wildman–Crippen MR) is 125 cm³/mol. The van der Waals surface area contributed by atoms with Crippen LogP contribution in [0.25, 0.3) is 21.7 Å². The van der Waals surface area contributed by atoms with Gasteiger partial charge in [0.15, 0.2) is 9.84 Å². The minimum absolute atomic E-state index is 0.196. The number of sulfone groups is 1. The lowest BCUT2D eigenvalue weighted by molar-refractivity contribution is 0.0744. The molecule has 0 N–H and O–H groups in total. The minimum atomic E-state index is -3.28. The molecule has 4 rings (SSSR count). The van der Waals surface area contributed by atoms with Crippen LogP contribution in [-0.2, 0) is 9.84 Å². The van der Waals surface area contributed by atoms with Crippen molar-refractivity contribution in [3.8, 4) is 10.6 Å². The molecule has 0 aliphatic carbocycles. The maximum absolute atomic E-state index is 13.6. The second-order valence-corrected chi connectivity index (χ2v) is 11.2. The van der Waals surface area contributed by atoms with Crippen LogP contribution >= 0.6 is 11.3 Å². The van der Waals surface area contributed by atoms with Crippen LogP contribution in [0.5, 0.6) is 0 Å². The Kier molecular flexibility index (Phi) is 5.64. The van der Waals surface area contributed by atoms with Crippen molar-refractivity contribution in [2.75, 3.05) is 13.3 Å². The Labute approximate surface area is 190 Å². The highest BCUT2D eigenvalue weighted by molar-refractivity contribution is 7.90. The van der Waals surface area contributed by atoms with Crippen molar-refractivity contribution in [2.45, 2.75) is 31.7 Å². The summed E-state index contributed by atoms with van der Waals surface area (Å²) in [6.07, 6.45) is 1.17. The van der Waals surface area contributed by atoms with E-state index >= 15 is 0 Å². The molecule has 0 spiro atoms. The zero-order valence-corrected chi connectivity index (χ0v) is 20.0. The number of rotatable bonds is 5. The lowest BCUT2D eigenvalue weighted by atomic mass is 10.0. The summed E-state index contributed by atoms with van der Waals surface area (Å²) in [5.74, 6) is -0.196. The first-order chi connectivity index (χ1) is 15.1. The summed E-state index contributed by atoms with van der Waals surface area (Å²) in [4.78, 5) is 22.1. The highest BCUT2D eigenvalue weighted by atomic mass is 32.2. The van der Waals surface area contributed by atoms with Crippen molar-refractivity contribution in [1.29, 1.82) is 0 Å². The molecular weight excluding hydrogens is 446 g/mol. The number of aromatic nitrogens is 2. The molecule has 0 saturated heterocycles. The van der Waals surface area contributed by atoms with E-state index < -0.39 is 9.84 Å². The van der Waals surface area contributed by atoms with Gasteiger partial charge in [0, 0.05) is 18.2 Å². The Bertz CT molecular complexity index is 1420. The van der Waals surface area contributed by atoms with Crippen molar-refractivity contribution in [1.82, 2.24) is 15.0 Å². The molecule has 166 valence electrons. The van der Waals surface area contributed by atoms with Crippen LogP contribution in [0.4, 0.5) is 0 Å². The highest BCUT2D eigenvalue weighted by Crippen LogP contribution is 2.32. The molecule has 1 amide bonds. The summed E-state index contributed by atoms with van der Waals surface area (Å²) in [6, 6.07) is 12.1. The van der Waals surface area contributed by atoms with Gasteiger partial charge in [-0.2, -0.15) is 0 Å². The van der Waals surface area contributed by atoms with Gasteiger partial charge in [0.2, 0.25) is 0 Å². The number of pyridine rings is 1. The van der Waals surface area contributed by atoms with E-state index in [0.29, 0.717) is 28.1 Å². The van der Waals surface area contributed by atoms with E-state index in [9.17, 15) is 13.2 Å². The number of amides is 1. The third-order valence-electron chi connectivity index (χ3n) is 5.53. The zero-order chi connectivity index (χ0) is 23.2. The van der Waals surface area contributed by atoms with Crippen molar-refractivity contribution < 1.29 is 17.7 Å². The number of nitrogens with zero attached hydrogens (tertiary/aromatic N) is 3. The molecule has 0 saturated carbocycles. The largest absolute Gasteiger partial charge is 0.335 e. The Morgan fingerprint density at radius 3 is 2.41 bits per heavy atom. The van der Waals surface area contributed by atoms with Gasteiger partial charge >= 0.3 is 0 Å². The van der Waals surface area contributed by atoms with E-state index in [-0.39, 0.29) is 16.8 Å². The molecule has 0 aliphatic rings.